The van der Waals surface area contributed by atoms with Crippen molar-refractivity contribution in [3.05, 3.63) is 22.1 Å². The average Bonchev–Trinajstić information content (AvgIpc) is 3.08. The van der Waals surface area contributed by atoms with E-state index in [2.05, 4.69) is 21.8 Å². The van der Waals surface area contributed by atoms with Crippen LogP contribution < -0.4 is 17.0 Å². The Hall–Kier alpha value is -2.38. The maximum Gasteiger partial charge on any atom is 0.263 e. The van der Waals surface area contributed by atoms with Gasteiger partial charge in [0.05, 0.1) is 23.7 Å². The molecule has 1 saturated heterocycles. The zero-order valence-corrected chi connectivity index (χ0v) is 12.9. The van der Waals surface area contributed by atoms with Crippen molar-refractivity contribution in [2.75, 3.05) is 18.9 Å². The number of nitrogen functional groups attached to an aromatic ring is 1. The summed E-state index contributed by atoms with van der Waals surface area (Å²) in [5, 5.41) is 19.5. The number of aromatic nitrogens is 3. The van der Waals surface area contributed by atoms with Crippen LogP contribution >= 0.6 is 0 Å². The number of H-pyrrole nitrogens is 1. The Balaban J connectivity index is 2.12. The van der Waals surface area contributed by atoms with Crippen LogP contribution in [0.2, 0.25) is 0 Å². The van der Waals surface area contributed by atoms with E-state index < -0.39 is 24.0 Å². The summed E-state index contributed by atoms with van der Waals surface area (Å²) in [6.45, 7) is 0.124. The molecular weight excluding hydrogens is 314 g/mol. The van der Waals surface area contributed by atoms with Gasteiger partial charge in [0.25, 0.3) is 5.56 Å². The van der Waals surface area contributed by atoms with E-state index in [1.807, 2.05) is 0 Å². The predicted octanol–water partition coefficient (Wildman–Crippen LogP) is -1.35. The molecule has 0 unspecified atom stereocenters. The van der Waals surface area contributed by atoms with Crippen LogP contribution in [0, 0.1) is 11.8 Å². The Kier molecular flexibility index (Phi) is 4.55. The highest BCUT2D eigenvalue weighted by atomic mass is 16.5. The first kappa shape index (κ1) is 16.5. The summed E-state index contributed by atoms with van der Waals surface area (Å²) in [4.78, 5) is 18.9. The van der Waals surface area contributed by atoms with Crippen LogP contribution in [0.25, 0.3) is 11.0 Å². The lowest BCUT2D eigenvalue weighted by Crippen LogP contribution is -2.24. The molecule has 0 amide bonds. The number of nitrogens with one attached hydrogen (secondary N) is 1. The van der Waals surface area contributed by atoms with Crippen molar-refractivity contribution < 1.29 is 14.9 Å². The summed E-state index contributed by atoms with van der Waals surface area (Å²) in [5.41, 5.74) is 11.5. The first-order valence-corrected chi connectivity index (χ1v) is 7.58. The van der Waals surface area contributed by atoms with E-state index in [0.717, 1.165) is 0 Å². The lowest BCUT2D eigenvalue weighted by atomic mass is 10.2. The minimum Gasteiger partial charge on any atom is -0.394 e. The minimum absolute atomic E-state index is 0.0226. The van der Waals surface area contributed by atoms with Gasteiger partial charge < -0.3 is 31.0 Å². The van der Waals surface area contributed by atoms with Gasteiger partial charge in [0.2, 0.25) is 5.95 Å². The predicted molar refractivity (Wildman–Crippen MR) is 86.9 cm³/mol. The van der Waals surface area contributed by atoms with E-state index in [-0.39, 0.29) is 19.0 Å². The zero-order chi connectivity index (χ0) is 17.3. The molecule has 7 N–H and O–H groups in total. The number of nitrogens with zero attached hydrogens (tertiary/aromatic N) is 2. The van der Waals surface area contributed by atoms with Gasteiger partial charge in [-0.05, 0) is 0 Å². The maximum atomic E-state index is 12.3. The fourth-order valence-electron chi connectivity index (χ4n) is 2.77. The van der Waals surface area contributed by atoms with Gasteiger partial charge >= 0.3 is 0 Å². The molecule has 9 heteroatoms. The van der Waals surface area contributed by atoms with E-state index in [1.165, 1.54) is 0 Å². The van der Waals surface area contributed by atoms with Crippen LogP contribution in [0.5, 0.6) is 0 Å². The van der Waals surface area contributed by atoms with Crippen LogP contribution in [0.3, 0.4) is 0 Å². The van der Waals surface area contributed by atoms with Crippen LogP contribution in [-0.2, 0) is 4.74 Å². The third-order valence-corrected chi connectivity index (χ3v) is 3.89. The van der Waals surface area contributed by atoms with Gasteiger partial charge in [0, 0.05) is 25.6 Å². The molecule has 3 rings (SSSR count). The summed E-state index contributed by atoms with van der Waals surface area (Å²) >= 11 is 0. The Labute approximate surface area is 137 Å². The smallest absolute Gasteiger partial charge is 0.263 e. The van der Waals surface area contributed by atoms with Crippen LogP contribution in [0.4, 0.5) is 5.95 Å². The van der Waals surface area contributed by atoms with Gasteiger partial charge in [-0.1, -0.05) is 11.8 Å². The monoisotopic (exact) mass is 333 g/mol. The third kappa shape index (κ3) is 2.88. The van der Waals surface area contributed by atoms with Crippen molar-refractivity contribution >= 4 is 17.0 Å². The number of hydrogen-bond donors (Lipinski definition) is 5. The first-order valence-electron chi connectivity index (χ1n) is 7.58. The minimum atomic E-state index is -0.802. The molecule has 0 aromatic carbocycles. The van der Waals surface area contributed by atoms with E-state index >= 15 is 0 Å². The highest BCUT2D eigenvalue weighted by Crippen LogP contribution is 2.32. The third-order valence-electron chi connectivity index (χ3n) is 3.89. The highest BCUT2D eigenvalue weighted by Gasteiger charge is 2.35. The molecular formula is C15H19N5O4. The molecule has 24 heavy (non-hydrogen) atoms. The normalized spacial score (nSPS) is 23.4. The topological polar surface area (TPSA) is 152 Å². The molecule has 2 aromatic heterocycles. The number of anilines is 1. The molecule has 0 spiro atoms. The Morgan fingerprint density at radius 1 is 1.54 bits per heavy atom. The number of nitrogens with two attached hydrogens (primary N) is 2. The molecule has 9 nitrogen and oxygen atoms in total. The fraction of sp³-hybridized carbons (Fsp3) is 0.467. The van der Waals surface area contributed by atoms with Gasteiger partial charge in [-0.3, -0.25) is 9.78 Å². The summed E-state index contributed by atoms with van der Waals surface area (Å²) in [5.74, 6) is 5.78. The maximum absolute atomic E-state index is 12.3. The van der Waals surface area contributed by atoms with Crippen molar-refractivity contribution in [2.45, 2.75) is 31.3 Å². The molecule has 128 valence electrons. The molecule has 0 bridgehead atoms. The number of aliphatic hydroxyl groups excluding tert-OH is 2. The standard InChI is InChI=1S/C15H19N5O4/c16-4-2-1-3-8-6-20(11-5-9(22)10(7-21)24-11)13-12(8)14(23)19-15(17)18-13/h6,9-11,21-22H,2,4-5,7,16H2,(H3,17,18,19,23)/t9-,10+,11+/m0/s1. The zero-order valence-electron chi connectivity index (χ0n) is 12.9. The summed E-state index contributed by atoms with van der Waals surface area (Å²) in [6, 6.07) is 0. The Bertz CT molecular complexity index is 862. The lowest BCUT2D eigenvalue weighted by molar-refractivity contribution is -0.0430. The van der Waals surface area contributed by atoms with Gasteiger partial charge in [-0.15, -0.1) is 0 Å². The molecule has 0 saturated carbocycles. The van der Waals surface area contributed by atoms with E-state index in [4.69, 9.17) is 16.2 Å². The molecule has 1 aliphatic heterocycles. The van der Waals surface area contributed by atoms with Crippen LogP contribution in [-0.4, -0.2) is 50.1 Å². The van der Waals surface area contributed by atoms with Crippen LogP contribution in [0.1, 0.15) is 24.6 Å². The largest absolute Gasteiger partial charge is 0.394 e. The van der Waals surface area contributed by atoms with Crippen LogP contribution in [0.15, 0.2) is 11.0 Å². The molecule has 3 atom stereocenters. The molecule has 3 heterocycles. The number of fused-ring (bicyclic) bond motifs is 1. The summed E-state index contributed by atoms with van der Waals surface area (Å²) in [6.07, 6.45) is 0.352. The van der Waals surface area contributed by atoms with Crippen molar-refractivity contribution in [1.29, 1.82) is 0 Å². The fourth-order valence-corrected chi connectivity index (χ4v) is 2.77. The second-order valence-corrected chi connectivity index (χ2v) is 5.56. The van der Waals surface area contributed by atoms with Gasteiger partial charge in [0.1, 0.15) is 12.3 Å². The van der Waals surface area contributed by atoms with Crippen molar-refractivity contribution in [3.8, 4) is 11.8 Å². The van der Waals surface area contributed by atoms with Crippen molar-refractivity contribution in [3.63, 3.8) is 0 Å². The Morgan fingerprint density at radius 2 is 2.33 bits per heavy atom. The number of hydrogen-bond acceptors (Lipinski definition) is 7. The van der Waals surface area contributed by atoms with Crippen molar-refractivity contribution in [2.24, 2.45) is 5.73 Å². The van der Waals surface area contributed by atoms with Crippen molar-refractivity contribution in [1.82, 2.24) is 14.5 Å². The Morgan fingerprint density at radius 3 is 3.00 bits per heavy atom. The van der Waals surface area contributed by atoms with Gasteiger partial charge in [0.15, 0.2) is 5.65 Å². The summed E-state index contributed by atoms with van der Waals surface area (Å²) in [7, 11) is 0. The molecule has 1 fully saturated rings. The first-order chi connectivity index (χ1) is 11.5. The van der Waals surface area contributed by atoms with E-state index in [0.29, 0.717) is 29.6 Å². The van der Waals surface area contributed by atoms with E-state index in [9.17, 15) is 15.0 Å². The molecule has 2 aromatic rings. The lowest BCUT2D eigenvalue weighted by Gasteiger charge is -2.14. The summed E-state index contributed by atoms with van der Waals surface area (Å²) < 4.78 is 7.25. The number of rotatable bonds is 3. The molecule has 0 aliphatic carbocycles. The quantitative estimate of drug-likeness (QED) is 0.435. The molecule has 0 radical (unpaired) electrons. The highest BCUT2D eigenvalue weighted by molar-refractivity contribution is 5.83. The number of ether oxygens (including phenoxy) is 1. The van der Waals surface area contributed by atoms with E-state index in [1.54, 1.807) is 10.8 Å². The SMILES string of the molecule is NCCC#Cc1cn([C@H]2C[C@H](O)[C@@H](CO)O2)c2nc(N)[nH]c(=O)c12. The second kappa shape index (κ2) is 6.62. The number of aromatic amines is 1. The number of aliphatic hydroxyl groups is 2. The van der Waals surface area contributed by atoms with Gasteiger partial charge in [-0.25, -0.2) is 0 Å². The molecule has 1 aliphatic rings. The average molecular weight is 333 g/mol. The second-order valence-electron chi connectivity index (χ2n) is 5.56. The van der Waals surface area contributed by atoms with Gasteiger partial charge in [-0.2, -0.15) is 4.98 Å².